The molecule has 0 radical (unpaired) electrons. The van der Waals surface area contributed by atoms with Gasteiger partial charge in [0.15, 0.2) is 0 Å². The first kappa shape index (κ1) is 8.66. The highest BCUT2D eigenvalue weighted by Crippen LogP contribution is 2.04. The Morgan fingerprint density at radius 2 is 1.78 bits per heavy atom. The van der Waals surface area contributed by atoms with E-state index in [-0.39, 0.29) is 13.2 Å². The van der Waals surface area contributed by atoms with Crippen molar-refractivity contribution in [2.45, 2.75) is 19.3 Å². The van der Waals surface area contributed by atoms with E-state index in [2.05, 4.69) is 6.58 Å². The first-order valence-electron chi connectivity index (χ1n) is 3.19. The Balaban J connectivity index is 3.06. The van der Waals surface area contributed by atoms with Gasteiger partial charge in [0.2, 0.25) is 0 Å². The maximum Gasteiger partial charge on any atom is 0.0468 e. The fourth-order valence-corrected chi connectivity index (χ4v) is 0.612. The minimum absolute atomic E-state index is 0.171. The van der Waals surface area contributed by atoms with Gasteiger partial charge in [-0.15, -0.1) is 0 Å². The molecule has 0 amide bonds. The normalized spacial score (nSPS) is 9.56. The van der Waals surface area contributed by atoms with Crippen molar-refractivity contribution in [2.75, 3.05) is 13.2 Å². The van der Waals surface area contributed by atoms with Gasteiger partial charge in [0.1, 0.15) is 0 Å². The Hall–Kier alpha value is -0.340. The van der Waals surface area contributed by atoms with Crippen LogP contribution in [0.15, 0.2) is 12.2 Å². The molecule has 0 spiro atoms. The van der Waals surface area contributed by atoms with E-state index < -0.39 is 0 Å². The monoisotopic (exact) mass is 130 g/mol. The molecule has 0 aliphatic heterocycles. The van der Waals surface area contributed by atoms with E-state index >= 15 is 0 Å². The summed E-state index contributed by atoms with van der Waals surface area (Å²) in [5.41, 5.74) is 1.02. The predicted molar refractivity (Wildman–Crippen MR) is 37.2 cm³/mol. The second-order valence-corrected chi connectivity index (χ2v) is 2.05. The summed E-state index contributed by atoms with van der Waals surface area (Å²) in [5, 5.41) is 16.8. The van der Waals surface area contributed by atoms with Gasteiger partial charge in [0, 0.05) is 13.2 Å². The number of hydrogen-bond acceptors (Lipinski definition) is 2. The van der Waals surface area contributed by atoms with Crippen molar-refractivity contribution >= 4 is 0 Å². The smallest absolute Gasteiger partial charge is 0.0468 e. The van der Waals surface area contributed by atoms with Crippen LogP contribution in [0, 0.1) is 0 Å². The van der Waals surface area contributed by atoms with Crippen molar-refractivity contribution in [3.05, 3.63) is 12.2 Å². The van der Waals surface area contributed by atoms with Crippen molar-refractivity contribution in [3.8, 4) is 0 Å². The summed E-state index contributed by atoms with van der Waals surface area (Å²) in [4.78, 5) is 0. The molecule has 9 heavy (non-hydrogen) atoms. The van der Waals surface area contributed by atoms with Gasteiger partial charge in [-0.05, 0) is 19.3 Å². The van der Waals surface area contributed by atoms with E-state index in [1.54, 1.807) is 0 Å². The van der Waals surface area contributed by atoms with E-state index in [0.717, 1.165) is 18.4 Å². The van der Waals surface area contributed by atoms with Gasteiger partial charge in [-0.3, -0.25) is 0 Å². The van der Waals surface area contributed by atoms with Gasteiger partial charge >= 0.3 is 0 Å². The van der Waals surface area contributed by atoms with E-state index in [1.807, 2.05) is 0 Å². The minimum Gasteiger partial charge on any atom is -0.396 e. The topological polar surface area (TPSA) is 40.5 Å². The molecule has 0 fully saturated rings. The third kappa shape index (κ3) is 5.53. The summed E-state index contributed by atoms with van der Waals surface area (Å²) in [7, 11) is 0. The van der Waals surface area contributed by atoms with Crippen LogP contribution in [-0.4, -0.2) is 23.4 Å². The van der Waals surface area contributed by atoms with Crippen LogP contribution < -0.4 is 0 Å². The molecule has 2 N–H and O–H groups in total. The Bertz CT molecular complexity index is 79.0. The van der Waals surface area contributed by atoms with Crippen LogP contribution in [0.4, 0.5) is 0 Å². The molecule has 0 saturated carbocycles. The summed E-state index contributed by atoms with van der Waals surface area (Å²) >= 11 is 0. The lowest BCUT2D eigenvalue weighted by Crippen LogP contribution is -1.89. The van der Waals surface area contributed by atoms with Crippen molar-refractivity contribution in [3.63, 3.8) is 0 Å². The third-order valence-electron chi connectivity index (χ3n) is 1.15. The molecule has 0 aliphatic rings. The van der Waals surface area contributed by atoms with Crippen LogP contribution in [0.25, 0.3) is 0 Å². The highest BCUT2D eigenvalue weighted by atomic mass is 16.3. The van der Waals surface area contributed by atoms with Gasteiger partial charge in [0.05, 0.1) is 0 Å². The molecule has 0 unspecified atom stereocenters. The molecule has 0 aromatic heterocycles. The minimum atomic E-state index is 0.171. The predicted octanol–water partition coefficient (Wildman–Crippen LogP) is 0.698. The standard InChI is InChI=1S/C7H14O2/c1-7(4-6-9)3-2-5-8/h8-9H,1-6H2. The lowest BCUT2D eigenvalue weighted by molar-refractivity contribution is 0.281. The summed E-state index contributed by atoms with van der Waals surface area (Å²) in [6, 6.07) is 0. The molecule has 0 saturated heterocycles. The van der Waals surface area contributed by atoms with Crippen LogP contribution in [0.3, 0.4) is 0 Å². The molecule has 54 valence electrons. The molecule has 0 bridgehead atoms. The van der Waals surface area contributed by atoms with Gasteiger partial charge in [-0.25, -0.2) is 0 Å². The number of aliphatic hydroxyl groups excluding tert-OH is 2. The molecule has 2 heteroatoms. The summed E-state index contributed by atoms with van der Waals surface area (Å²) in [6.45, 7) is 4.09. The van der Waals surface area contributed by atoms with Crippen LogP contribution >= 0.6 is 0 Å². The van der Waals surface area contributed by atoms with E-state index in [0.29, 0.717) is 6.42 Å². The molecule has 0 heterocycles. The first-order valence-corrected chi connectivity index (χ1v) is 3.19. The van der Waals surface area contributed by atoms with Gasteiger partial charge in [0.25, 0.3) is 0 Å². The number of aliphatic hydroxyl groups is 2. The third-order valence-corrected chi connectivity index (χ3v) is 1.15. The number of hydrogen-bond donors (Lipinski definition) is 2. The summed E-state index contributed by atoms with van der Waals surface area (Å²) < 4.78 is 0. The zero-order valence-electron chi connectivity index (χ0n) is 5.64. The van der Waals surface area contributed by atoms with Gasteiger partial charge in [-0.2, -0.15) is 0 Å². The quantitative estimate of drug-likeness (QED) is 0.538. The van der Waals surface area contributed by atoms with E-state index in [4.69, 9.17) is 10.2 Å². The molecule has 0 rings (SSSR count). The first-order chi connectivity index (χ1) is 4.31. The maximum absolute atomic E-state index is 8.41. The van der Waals surface area contributed by atoms with Crippen LogP contribution in [0.2, 0.25) is 0 Å². The largest absolute Gasteiger partial charge is 0.396 e. The second kappa shape index (κ2) is 5.79. The fourth-order valence-electron chi connectivity index (χ4n) is 0.612. The van der Waals surface area contributed by atoms with Gasteiger partial charge < -0.3 is 10.2 Å². The zero-order valence-corrected chi connectivity index (χ0v) is 5.64. The van der Waals surface area contributed by atoms with E-state index in [9.17, 15) is 0 Å². The Kier molecular flexibility index (Phi) is 5.57. The van der Waals surface area contributed by atoms with Crippen molar-refractivity contribution in [2.24, 2.45) is 0 Å². The van der Waals surface area contributed by atoms with Crippen LogP contribution in [0.1, 0.15) is 19.3 Å². The SMILES string of the molecule is C=C(CCO)CCCO. The summed E-state index contributed by atoms with van der Waals surface area (Å²) in [5.74, 6) is 0. The Morgan fingerprint density at radius 1 is 1.11 bits per heavy atom. The van der Waals surface area contributed by atoms with Crippen molar-refractivity contribution in [1.82, 2.24) is 0 Å². The van der Waals surface area contributed by atoms with Crippen LogP contribution in [0.5, 0.6) is 0 Å². The average Bonchev–Trinajstić information content (AvgIpc) is 1.85. The maximum atomic E-state index is 8.41. The second-order valence-electron chi connectivity index (χ2n) is 2.05. The lowest BCUT2D eigenvalue weighted by Gasteiger charge is -1.99. The molecule has 0 atom stereocenters. The molecule has 0 aromatic carbocycles. The summed E-state index contributed by atoms with van der Waals surface area (Å²) in [6.07, 6.45) is 2.26. The van der Waals surface area contributed by atoms with Gasteiger partial charge in [-0.1, -0.05) is 12.2 Å². The highest BCUT2D eigenvalue weighted by Gasteiger charge is 1.91. The van der Waals surface area contributed by atoms with E-state index in [1.165, 1.54) is 0 Å². The number of rotatable bonds is 5. The zero-order chi connectivity index (χ0) is 7.11. The fraction of sp³-hybridized carbons (Fsp3) is 0.714. The Morgan fingerprint density at radius 3 is 2.22 bits per heavy atom. The lowest BCUT2D eigenvalue weighted by atomic mass is 10.1. The highest BCUT2D eigenvalue weighted by molar-refractivity contribution is 4.93. The van der Waals surface area contributed by atoms with Crippen molar-refractivity contribution < 1.29 is 10.2 Å². The average molecular weight is 130 g/mol. The van der Waals surface area contributed by atoms with Crippen LogP contribution in [-0.2, 0) is 0 Å². The molecule has 2 nitrogen and oxygen atoms in total. The Labute approximate surface area is 55.8 Å². The molecular weight excluding hydrogens is 116 g/mol. The molecule has 0 aliphatic carbocycles. The molecular formula is C7H14O2. The van der Waals surface area contributed by atoms with Crippen molar-refractivity contribution in [1.29, 1.82) is 0 Å². The molecule has 0 aromatic rings.